The second-order valence-electron chi connectivity index (χ2n) is 9.67. The number of nitrogens with one attached hydrogen (secondary N) is 2. The lowest BCUT2D eigenvalue weighted by atomic mass is 10.1. The highest BCUT2D eigenvalue weighted by Crippen LogP contribution is 2.44. The van der Waals surface area contributed by atoms with Gasteiger partial charge in [-0.15, -0.1) is 10.2 Å². The van der Waals surface area contributed by atoms with E-state index >= 15 is 0 Å². The highest BCUT2D eigenvalue weighted by molar-refractivity contribution is 7.18. The minimum Gasteiger partial charge on any atom is -0.323 e. The molecule has 3 aliphatic rings. The van der Waals surface area contributed by atoms with Gasteiger partial charge in [0.15, 0.2) is 0 Å². The lowest BCUT2D eigenvalue weighted by Crippen LogP contribution is -2.55. The summed E-state index contributed by atoms with van der Waals surface area (Å²) in [4.78, 5) is 31.1. The van der Waals surface area contributed by atoms with Crippen LogP contribution in [0.4, 0.5) is 10.8 Å². The molecule has 0 radical (unpaired) electrons. The van der Waals surface area contributed by atoms with Crippen molar-refractivity contribution in [3.63, 3.8) is 0 Å². The van der Waals surface area contributed by atoms with Gasteiger partial charge in [0, 0.05) is 43.3 Å². The third-order valence-electron chi connectivity index (χ3n) is 7.27. The van der Waals surface area contributed by atoms with Gasteiger partial charge in [0.05, 0.1) is 10.7 Å². The van der Waals surface area contributed by atoms with Crippen molar-refractivity contribution >= 4 is 45.6 Å². The third-order valence-corrected chi connectivity index (χ3v) is 8.49. The molecule has 1 saturated heterocycles. The Bertz CT molecular complexity index is 1280. The van der Waals surface area contributed by atoms with E-state index in [9.17, 15) is 9.59 Å². The van der Waals surface area contributed by atoms with Crippen molar-refractivity contribution in [2.45, 2.75) is 37.3 Å². The van der Waals surface area contributed by atoms with Crippen molar-refractivity contribution in [1.82, 2.24) is 20.0 Å². The molecule has 36 heavy (non-hydrogen) atoms. The first kappa shape index (κ1) is 23.5. The fourth-order valence-corrected chi connectivity index (χ4v) is 5.81. The van der Waals surface area contributed by atoms with E-state index < -0.39 is 5.54 Å². The first-order valence-electron chi connectivity index (χ1n) is 12.3. The van der Waals surface area contributed by atoms with E-state index in [1.807, 2.05) is 30.3 Å². The number of carbonyl (C=O) groups is 2. The maximum atomic E-state index is 13.3. The smallest absolute Gasteiger partial charge is 0.257 e. The highest BCUT2D eigenvalue weighted by atomic mass is 35.5. The average Bonchev–Trinajstić information content (AvgIpc) is 3.84. The summed E-state index contributed by atoms with van der Waals surface area (Å²) in [5.41, 5.74) is 1.31. The van der Waals surface area contributed by atoms with Crippen LogP contribution < -0.4 is 10.6 Å². The van der Waals surface area contributed by atoms with Gasteiger partial charge < -0.3 is 5.32 Å². The summed E-state index contributed by atoms with van der Waals surface area (Å²) in [7, 11) is 0. The van der Waals surface area contributed by atoms with Crippen LogP contribution in [0.1, 0.15) is 36.0 Å². The second-order valence-corrected chi connectivity index (χ2v) is 11.1. The average molecular weight is 523 g/mol. The Morgan fingerprint density at radius 1 is 0.972 bits per heavy atom. The minimum atomic E-state index is -0.461. The molecule has 6 rings (SSSR count). The van der Waals surface area contributed by atoms with E-state index in [1.165, 1.54) is 24.2 Å². The lowest BCUT2D eigenvalue weighted by Gasteiger charge is -2.39. The van der Waals surface area contributed by atoms with E-state index in [-0.39, 0.29) is 11.8 Å². The number of rotatable bonds is 7. The molecule has 3 fully saturated rings. The monoisotopic (exact) mass is 522 g/mol. The molecular formula is C26H27ClN6O2S. The number of halogens is 1. The van der Waals surface area contributed by atoms with Crippen LogP contribution in [-0.4, -0.2) is 69.6 Å². The lowest BCUT2D eigenvalue weighted by molar-refractivity contribution is -0.123. The molecule has 0 bridgehead atoms. The number of carbonyl (C=O) groups excluding carboxylic acids is 2. The molecular weight excluding hydrogens is 496 g/mol. The largest absolute Gasteiger partial charge is 0.323 e. The Balaban J connectivity index is 1.11. The molecule has 2 N–H and O–H groups in total. The van der Waals surface area contributed by atoms with E-state index in [0.29, 0.717) is 21.4 Å². The Morgan fingerprint density at radius 3 is 2.42 bits per heavy atom. The Kier molecular flexibility index (Phi) is 6.25. The Labute approximate surface area is 218 Å². The van der Waals surface area contributed by atoms with Gasteiger partial charge in [0.1, 0.15) is 10.5 Å². The van der Waals surface area contributed by atoms with Gasteiger partial charge in [0.2, 0.25) is 11.0 Å². The molecule has 0 atom stereocenters. The van der Waals surface area contributed by atoms with Crippen LogP contribution in [-0.2, 0) is 4.79 Å². The van der Waals surface area contributed by atoms with Crippen LogP contribution in [0.5, 0.6) is 0 Å². The van der Waals surface area contributed by atoms with Crippen LogP contribution in [0.2, 0.25) is 5.02 Å². The van der Waals surface area contributed by atoms with Gasteiger partial charge in [-0.05, 0) is 43.9 Å². The number of nitrogens with zero attached hydrogens (tertiary/aromatic N) is 4. The molecule has 8 nitrogen and oxygen atoms in total. The third kappa shape index (κ3) is 4.76. The first-order valence-corrected chi connectivity index (χ1v) is 13.5. The maximum Gasteiger partial charge on any atom is 0.257 e. The molecule has 2 heterocycles. The standard InChI is InChI=1S/C26H27ClN6O2S/c27-20-9-6-18(22(34)29-25-31-30-23(36-25)17-4-2-1-3-5-17)16-21(20)28-24(35)26(10-11-26)33-14-12-32(13-15-33)19-7-8-19/h1-6,9,16,19H,7-8,10-15H2,(H,28,35)(H,29,31,34). The van der Waals surface area contributed by atoms with Crippen molar-refractivity contribution in [2.75, 3.05) is 36.8 Å². The van der Waals surface area contributed by atoms with Gasteiger partial charge in [-0.3, -0.25) is 24.7 Å². The normalized spacial score (nSPS) is 19.6. The van der Waals surface area contributed by atoms with Crippen LogP contribution in [0.15, 0.2) is 48.5 Å². The molecule has 2 amide bonds. The fourth-order valence-electron chi connectivity index (χ4n) is 4.90. The summed E-state index contributed by atoms with van der Waals surface area (Å²) in [6, 6.07) is 15.3. The summed E-state index contributed by atoms with van der Waals surface area (Å²) in [5, 5.41) is 15.6. The quantitative estimate of drug-likeness (QED) is 0.479. The summed E-state index contributed by atoms with van der Waals surface area (Å²) < 4.78 is 0. The predicted molar refractivity (Wildman–Crippen MR) is 142 cm³/mol. The predicted octanol–water partition coefficient (Wildman–Crippen LogP) is 4.36. The minimum absolute atomic E-state index is 0.0431. The van der Waals surface area contributed by atoms with E-state index in [4.69, 9.17) is 11.6 Å². The molecule has 0 spiro atoms. The molecule has 3 aromatic rings. The summed E-state index contributed by atoms with van der Waals surface area (Å²) in [5.74, 6) is -0.381. The van der Waals surface area contributed by atoms with Crippen LogP contribution in [0, 0.1) is 0 Å². The molecule has 10 heteroatoms. The van der Waals surface area contributed by atoms with Gasteiger partial charge in [-0.25, -0.2) is 0 Å². The summed E-state index contributed by atoms with van der Waals surface area (Å²) in [6.45, 7) is 3.86. The molecule has 2 aromatic carbocycles. The second kappa shape index (κ2) is 9.55. The zero-order chi connectivity index (χ0) is 24.7. The van der Waals surface area contributed by atoms with E-state index in [2.05, 4.69) is 30.6 Å². The topological polar surface area (TPSA) is 90.5 Å². The van der Waals surface area contributed by atoms with Crippen molar-refractivity contribution in [3.05, 3.63) is 59.1 Å². The van der Waals surface area contributed by atoms with E-state index in [1.54, 1.807) is 18.2 Å². The summed E-state index contributed by atoms with van der Waals surface area (Å²) >= 11 is 7.71. The SMILES string of the molecule is O=C(Nc1nnc(-c2ccccc2)s1)c1ccc(Cl)c(NC(=O)C2(N3CCN(C4CC4)CC3)CC2)c1. The maximum absolute atomic E-state index is 13.3. The fraction of sp³-hybridized carbons (Fsp3) is 0.385. The zero-order valence-electron chi connectivity index (χ0n) is 19.7. The van der Waals surface area contributed by atoms with Gasteiger partial charge >= 0.3 is 0 Å². The Hall–Kier alpha value is -2.85. The zero-order valence-corrected chi connectivity index (χ0v) is 21.3. The van der Waals surface area contributed by atoms with Crippen molar-refractivity contribution in [1.29, 1.82) is 0 Å². The molecule has 1 aromatic heterocycles. The van der Waals surface area contributed by atoms with Crippen LogP contribution in [0.3, 0.4) is 0 Å². The highest BCUT2D eigenvalue weighted by Gasteiger charge is 2.55. The Morgan fingerprint density at radius 2 is 1.72 bits per heavy atom. The van der Waals surface area contributed by atoms with Gasteiger partial charge in [-0.2, -0.15) is 0 Å². The summed E-state index contributed by atoms with van der Waals surface area (Å²) in [6.07, 6.45) is 4.31. The molecule has 0 unspecified atom stereocenters. The number of hydrogen-bond donors (Lipinski definition) is 2. The first-order chi connectivity index (χ1) is 17.5. The van der Waals surface area contributed by atoms with E-state index in [0.717, 1.165) is 55.6 Å². The molecule has 1 aliphatic heterocycles. The molecule has 186 valence electrons. The molecule has 2 saturated carbocycles. The number of aromatic nitrogens is 2. The van der Waals surface area contributed by atoms with Crippen molar-refractivity contribution < 1.29 is 9.59 Å². The number of piperazine rings is 1. The van der Waals surface area contributed by atoms with Gasteiger partial charge in [-0.1, -0.05) is 53.3 Å². The van der Waals surface area contributed by atoms with Crippen LogP contribution >= 0.6 is 22.9 Å². The van der Waals surface area contributed by atoms with Crippen LogP contribution in [0.25, 0.3) is 10.6 Å². The number of benzene rings is 2. The van der Waals surface area contributed by atoms with Crippen molar-refractivity contribution in [2.24, 2.45) is 0 Å². The molecule has 2 aliphatic carbocycles. The van der Waals surface area contributed by atoms with Crippen molar-refractivity contribution in [3.8, 4) is 10.6 Å². The number of amides is 2. The number of hydrogen-bond acceptors (Lipinski definition) is 7. The van der Waals surface area contributed by atoms with Gasteiger partial charge in [0.25, 0.3) is 5.91 Å². The number of anilines is 2.